The fourth-order valence-electron chi connectivity index (χ4n) is 1.34. The van der Waals surface area contributed by atoms with Crippen LogP contribution in [0.25, 0.3) is 11.4 Å². The van der Waals surface area contributed by atoms with Crippen molar-refractivity contribution in [1.82, 2.24) is 20.4 Å². The standard InChI is InChI=1S/C10H9N5O2/c1-6-3-4-8(5-9(6)15(16)17)10-13-11-7(2)12-14-10/h3-5H,1-2H3. The monoisotopic (exact) mass is 231 g/mol. The summed E-state index contributed by atoms with van der Waals surface area (Å²) in [5, 5.41) is 26.0. The maximum Gasteiger partial charge on any atom is 0.273 e. The highest BCUT2D eigenvalue weighted by Crippen LogP contribution is 2.23. The molecule has 0 N–H and O–H groups in total. The molecule has 1 aromatic heterocycles. The van der Waals surface area contributed by atoms with Crippen LogP contribution in [-0.4, -0.2) is 25.3 Å². The van der Waals surface area contributed by atoms with Gasteiger partial charge in [0.25, 0.3) is 5.69 Å². The average molecular weight is 231 g/mol. The summed E-state index contributed by atoms with van der Waals surface area (Å²) >= 11 is 0. The van der Waals surface area contributed by atoms with Gasteiger partial charge in [0.15, 0.2) is 5.82 Å². The van der Waals surface area contributed by atoms with Crippen LogP contribution >= 0.6 is 0 Å². The molecule has 0 saturated heterocycles. The first-order valence-corrected chi connectivity index (χ1v) is 4.87. The zero-order valence-corrected chi connectivity index (χ0v) is 9.28. The summed E-state index contributed by atoms with van der Waals surface area (Å²) in [7, 11) is 0. The Balaban J connectivity index is 2.50. The normalized spacial score (nSPS) is 10.2. The van der Waals surface area contributed by atoms with Crippen LogP contribution < -0.4 is 0 Å². The molecule has 1 heterocycles. The fraction of sp³-hybridized carbons (Fsp3) is 0.200. The topological polar surface area (TPSA) is 94.7 Å². The van der Waals surface area contributed by atoms with E-state index in [1.54, 1.807) is 26.0 Å². The van der Waals surface area contributed by atoms with Gasteiger partial charge < -0.3 is 0 Å². The van der Waals surface area contributed by atoms with Crippen molar-refractivity contribution in [2.45, 2.75) is 13.8 Å². The zero-order chi connectivity index (χ0) is 12.4. The second kappa shape index (κ2) is 4.20. The summed E-state index contributed by atoms with van der Waals surface area (Å²) in [6, 6.07) is 4.77. The van der Waals surface area contributed by atoms with E-state index in [4.69, 9.17) is 0 Å². The molecule has 17 heavy (non-hydrogen) atoms. The van der Waals surface area contributed by atoms with Crippen LogP contribution in [-0.2, 0) is 0 Å². The van der Waals surface area contributed by atoms with E-state index in [0.29, 0.717) is 17.0 Å². The molecule has 0 amide bonds. The highest BCUT2D eigenvalue weighted by molar-refractivity contribution is 5.60. The summed E-state index contributed by atoms with van der Waals surface area (Å²) in [5.41, 5.74) is 1.15. The molecule has 0 fully saturated rings. The molecule has 0 saturated carbocycles. The maximum absolute atomic E-state index is 10.8. The lowest BCUT2D eigenvalue weighted by molar-refractivity contribution is -0.385. The second-order valence-electron chi connectivity index (χ2n) is 3.53. The van der Waals surface area contributed by atoms with Crippen LogP contribution in [0.3, 0.4) is 0 Å². The van der Waals surface area contributed by atoms with Crippen LogP contribution in [0.5, 0.6) is 0 Å². The largest absolute Gasteiger partial charge is 0.273 e. The van der Waals surface area contributed by atoms with Crippen molar-refractivity contribution in [1.29, 1.82) is 0 Å². The van der Waals surface area contributed by atoms with Gasteiger partial charge in [-0.1, -0.05) is 12.1 Å². The smallest absolute Gasteiger partial charge is 0.258 e. The number of nitro benzene ring substituents is 1. The molecule has 7 heteroatoms. The van der Waals surface area contributed by atoms with E-state index in [2.05, 4.69) is 20.4 Å². The third-order valence-corrected chi connectivity index (χ3v) is 2.24. The summed E-state index contributed by atoms with van der Waals surface area (Å²) in [5.74, 6) is 0.731. The highest BCUT2D eigenvalue weighted by Gasteiger charge is 2.13. The minimum Gasteiger partial charge on any atom is -0.258 e. The second-order valence-corrected chi connectivity index (χ2v) is 3.53. The lowest BCUT2D eigenvalue weighted by atomic mass is 10.1. The number of rotatable bonds is 2. The van der Waals surface area contributed by atoms with E-state index in [1.165, 1.54) is 6.07 Å². The summed E-state index contributed by atoms with van der Waals surface area (Å²) in [4.78, 5) is 10.4. The predicted octanol–water partition coefficient (Wildman–Crippen LogP) is 1.46. The summed E-state index contributed by atoms with van der Waals surface area (Å²) in [6.45, 7) is 3.34. The van der Waals surface area contributed by atoms with E-state index < -0.39 is 4.92 Å². The number of hydrogen-bond donors (Lipinski definition) is 0. The van der Waals surface area contributed by atoms with E-state index in [9.17, 15) is 10.1 Å². The van der Waals surface area contributed by atoms with Crippen LogP contribution in [0.2, 0.25) is 0 Å². The highest BCUT2D eigenvalue weighted by atomic mass is 16.6. The Morgan fingerprint density at radius 1 is 1.12 bits per heavy atom. The third-order valence-electron chi connectivity index (χ3n) is 2.24. The van der Waals surface area contributed by atoms with Crippen molar-refractivity contribution in [3.05, 3.63) is 39.7 Å². The van der Waals surface area contributed by atoms with Gasteiger partial charge in [0.05, 0.1) is 4.92 Å². The Morgan fingerprint density at radius 2 is 1.76 bits per heavy atom. The van der Waals surface area contributed by atoms with E-state index in [1.807, 2.05) is 0 Å². The molecule has 86 valence electrons. The van der Waals surface area contributed by atoms with E-state index in [0.717, 1.165) is 0 Å². The molecule has 2 aromatic rings. The SMILES string of the molecule is Cc1nnc(-c2ccc(C)c([N+](=O)[O-])c2)nn1. The number of nitro groups is 1. The lowest BCUT2D eigenvalue weighted by Gasteiger charge is -2.00. The molecule has 0 spiro atoms. The van der Waals surface area contributed by atoms with Crippen LogP contribution in [0.1, 0.15) is 11.4 Å². The zero-order valence-electron chi connectivity index (χ0n) is 9.28. The van der Waals surface area contributed by atoms with Gasteiger partial charge in [-0.05, 0) is 13.8 Å². The fourth-order valence-corrected chi connectivity index (χ4v) is 1.34. The molecular formula is C10H9N5O2. The Morgan fingerprint density at radius 3 is 2.35 bits per heavy atom. The molecule has 0 aliphatic carbocycles. The number of hydrogen-bond acceptors (Lipinski definition) is 6. The van der Waals surface area contributed by atoms with Gasteiger partial charge in [0.1, 0.15) is 0 Å². The first kappa shape index (κ1) is 11.1. The van der Waals surface area contributed by atoms with Crippen molar-refractivity contribution in [3.63, 3.8) is 0 Å². The van der Waals surface area contributed by atoms with E-state index >= 15 is 0 Å². The number of benzene rings is 1. The molecule has 2 rings (SSSR count). The summed E-state index contributed by atoms with van der Waals surface area (Å²) in [6.07, 6.45) is 0. The van der Waals surface area contributed by atoms with Gasteiger partial charge in [0.2, 0.25) is 5.82 Å². The van der Waals surface area contributed by atoms with Crippen molar-refractivity contribution in [2.75, 3.05) is 0 Å². The Bertz CT molecular complexity index is 567. The van der Waals surface area contributed by atoms with Gasteiger partial charge in [-0.15, -0.1) is 20.4 Å². The van der Waals surface area contributed by atoms with Gasteiger partial charge in [-0.3, -0.25) is 10.1 Å². The van der Waals surface area contributed by atoms with Crippen molar-refractivity contribution < 1.29 is 4.92 Å². The maximum atomic E-state index is 10.8. The minimum absolute atomic E-state index is 0.0340. The third kappa shape index (κ3) is 2.22. The number of nitrogens with zero attached hydrogens (tertiary/aromatic N) is 5. The molecule has 0 radical (unpaired) electrons. The molecule has 0 bridgehead atoms. The summed E-state index contributed by atoms with van der Waals surface area (Å²) < 4.78 is 0. The Hall–Kier alpha value is -2.44. The van der Waals surface area contributed by atoms with Gasteiger partial charge in [-0.2, -0.15) is 0 Å². The predicted molar refractivity (Wildman–Crippen MR) is 59.2 cm³/mol. The number of aryl methyl sites for hydroxylation is 2. The van der Waals surface area contributed by atoms with E-state index in [-0.39, 0.29) is 11.5 Å². The van der Waals surface area contributed by atoms with Crippen LogP contribution in [0, 0.1) is 24.0 Å². The van der Waals surface area contributed by atoms with Gasteiger partial charge >= 0.3 is 0 Å². The first-order chi connectivity index (χ1) is 8.08. The molecule has 0 unspecified atom stereocenters. The Labute approximate surface area is 96.7 Å². The van der Waals surface area contributed by atoms with Gasteiger partial charge in [-0.25, -0.2) is 0 Å². The first-order valence-electron chi connectivity index (χ1n) is 4.87. The minimum atomic E-state index is -0.437. The van der Waals surface area contributed by atoms with Crippen molar-refractivity contribution in [3.8, 4) is 11.4 Å². The average Bonchev–Trinajstić information content (AvgIpc) is 2.30. The quantitative estimate of drug-likeness (QED) is 0.573. The van der Waals surface area contributed by atoms with Gasteiger partial charge in [0, 0.05) is 17.2 Å². The van der Waals surface area contributed by atoms with Crippen molar-refractivity contribution >= 4 is 5.69 Å². The van der Waals surface area contributed by atoms with Crippen molar-refractivity contribution in [2.24, 2.45) is 0 Å². The molecule has 0 atom stereocenters. The Kier molecular flexibility index (Phi) is 2.73. The number of aromatic nitrogens is 4. The molecule has 1 aromatic carbocycles. The van der Waals surface area contributed by atoms with Crippen LogP contribution in [0.4, 0.5) is 5.69 Å². The molecule has 0 aliphatic rings. The molecular weight excluding hydrogens is 222 g/mol. The van der Waals surface area contributed by atoms with Crippen LogP contribution in [0.15, 0.2) is 18.2 Å². The molecule has 7 nitrogen and oxygen atoms in total. The lowest BCUT2D eigenvalue weighted by Crippen LogP contribution is -1.99. The molecule has 0 aliphatic heterocycles.